The van der Waals surface area contributed by atoms with Crippen molar-refractivity contribution in [3.8, 4) is 11.8 Å². The van der Waals surface area contributed by atoms with E-state index < -0.39 is 5.79 Å². The topological polar surface area (TPSA) is 78.4 Å². The number of hydrogen-bond donors (Lipinski definition) is 1. The van der Waals surface area contributed by atoms with Crippen molar-refractivity contribution in [2.24, 2.45) is 21.9 Å². The van der Waals surface area contributed by atoms with E-state index in [4.69, 9.17) is 20.1 Å². The van der Waals surface area contributed by atoms with Crippen LogP contribution in [0.4, 0.5) is 0 Å². The number of rotatable bonds is 5. The van der Waals surface area contributed by atoms with Crippen LogP contribution in [0.1, 0.15) is 48.8 Å². The van der Waals surface area contributed by atoms with E-state index >= 15 is 0 Å². The number of ether oxygens (including phenoxy) is 3. The molecule has 2 aliphatic heterocycles. The van der Waals surface area contributed by atoms with Crippen LogP contribution in [0.15, 0.2) is 28.3 Å². The predicted octanol–water partition coefficient (Wildman–Crippen LogP) is 2.91. The Labute approximate surface area is 172 Å². The Kier molecular flexibility index (Phi) is 6.29. The second-order valence-corrected chi connectivity index (χ2v) is 7.88. The van der Waals surface area contributed by atoms with Crippen LogP contribution in [0.25, 0.3) is 0 Å². The zero-order chi connectivity index (χ0) is 20.1. The van der Waals surface area contributed by atoms with E-state index in [1.165, 1.54) is 19.3 Å². The van der Waals surface area contributed by atoms with Crippen molar-refractivity contribution in [2.75, 3.05) is 26.4 Å². The number of aryl methyl sites for hydroxylation is 1. The maximum Gasteiger partial charge on any atom is 0.243 e. The molecule has 0 radical (unpaired) electrons. The van der Waals surface area contributed by atoms with E-state index in [1.54, 1.807) is 6.21 Å². The van der Waals surface area contributed by atoms with Crippen LogP contribution in [0.5, 0.6) is 0 Å². The van der Waals surface area contributed by atoms with Gasteiger partial charge in [0.05, 0.1) is 32.1 Å². The minimum Gasteiger partial charge on any atom is -0.376 e. The number of benzene rings is 1. The Morgan fingerprint density at radius 3 is 2.72 bits per heavy atom. The summed E-state index contributed by atoms with van der Waals surface area (Å²) in [4.78, 5) is 4.55. The smallest absolute Gasteiger partial charge is 0.243 e. The standard InChI is InChI=1S/C23H29N3O3/c1-17-5-6-19(10-9-18-7-8-18)14-21(17)23(28-12-13-29-23)22(26-24)16-25-15-20-4-2-3-11-27-20/h5-6,14,16,18,20H,2-4,7-8,11-13,15,24H2,1H3/b25-16?,26-22+. The summed E-state index contributed by atoms with van der Waals surface area (Å²) in [5.74, 6) is 11.8. The molecule has 0 amide bonds. The molecule has 3 aliphatic rings. The summed E-state index contributed by atoms with van der Waals surface area (Å²) in [6.45, 7) is 4.36. The highest BCUT2D eigenvalue weighted by molar-refractivity contribution is 6.33. The summed E-state index contributed by atoms with van der Waals surface area (Å²) in [6.07, 6.45) is 7.57. The molecular weight excluding hydrogens is 366 g/mol. The average molecular weight is 396 g/mol. The summed E-state index contributed by atoms with van der Waals surface area (Å²) in [6, 6.07) is 6.10. The molecular formula is C23H29N3O3. The Hall–Kier alpha value is -2.20. The van der Waals surface area contributed by atoms with Gasteiger partial charge in [-0.1, -0.05) is 17.9 Å². The average Bonchev–Trinajstić information content (AvgIpc) is 3.46. The summed E-state index contributed by atoms with van der Waals surface area (Å²) in [5, 5.41) is 4.00. The van der Waals surface area contributed by atoms with Gasteiger partial charge in [-0.3, -0.25) is 4.99 Å². The SMILES string of the molecule is Cc1ccc(C#CC2CC2)cc1C1(/C(C=NCC2CCCCO2)=N/N)OCCO1. The molecule has 1 unspecified atom stereocenters. The van der Waals surface area contributed by atoms with Crippen LogP contribution in [-0.2, 0) is 20.0 Å². The van der Waals surface area contributed by atoms with Crippen LogP contribution < -0.4 is 5.84 Å². The van der Waals surface area contributed by atoms with E-state index in [2.05, 4.69) is 21.9 Å². The number of nitrogens with two attached hydrogens (primary N) is 1. The third kappa shape index (κ3) is 4.69. The van der Waals surface area contributed by atoms with Crippen molar-refractivity contribution in [1.29, 1.82) is 0 Å². The fourth-order valence-corrected chi connectivity index (χ4v) is 3.73. The van der Waals surface area contributed by atoms with Gasteiger partial charge in [0.1, 0.15) is 5.71 Å². The van der Waals surface area contributed by atoms with E-state index in [0.29, 0.717) is 31.4 Å². The number of nitrogens with zero attached hydrogens (tertiary/aromatic N) is 2. The van der Waals surface area contributed by atoms with E-state index in [9.17, 15) is 0 Å². The van der Waals surface area contributed by atoms with E-state index in [0.717, 1.165) is 36.1 Å². The van der Waals surface area contributed by atoms with Gasteiger partial charge >= 0.3 is 0 Å². The lowest BCUT2D eigenvalue weighted by Gasteiger charge is -2.29. The van der Waals surface area contributed by atoms with Crippen molar-refractivity contribution in [2.45, 2.75) is 50.9 Å². The van der Waals surface area contributed by atoms with Gasteiger partial charge in [0.15, 0.2) is 0 Å². The van der Waals surface area contributed by atoms with Gasteiger partial charge in [-0.2, -0.15) is 5.10 Å². The van der Waals surface area contributed by atoms with Crippen LogP contribution in [0, 0.1) is 24.7 Å². The Morgan fingerprint density at radius 2 is 2.03 bits per heavy atom. The zero-order valence-corrected chi connectivity index (χ0v) is 17.0. The highest BCUT2D eigenvalue weighted by atomic mass is 16.7. The summed E-state index contributed by atoms with van der Waals surface area (Å²) in [5.41, 5.74) is 3.32. The van der Waals surface area contributed by atoms with Gasteiger partial charge in [-0.15, -0.1) is 0 Å². The quantitative estimate of drug-likeness (QED) is 0.360. The first kappa shape index (κ1) is 20.1. The molecule has 0 aromatic heterocycles. The van der Waals surface area contributed by atoms with E-state index in [-0.39, 0.29) is 6.10 Å². The Balaban J connectivity index is 1.59. The lowest BCUT2D eigenvalue weighted by molar-refractivity contribution is -0.103. The lowest BCUT2D eigenvalue weighted by atomic mass is 9.94. The highest BCUT2D eigenvalue weighted by Gasteiger charge is 2.44. The second kappa shape index (κ2) is 9.08. The molecule has 1 aliphatic carbocycles. The lowest BCUT2D eigenvalue weighted by Crippen LogP contribution is -2.40. The Bertz CT molecular complexity index is 837. The van der Waals surface area contributed by atoms with E-state index in [1.807, 2.05) is 25.1 Å². The highest BCUT2D eigenvalue weighted by Crippen LogP contribution is 2.35. The van der Waals surface area contributed by atoms with Crippen molar-refractivity contribution in [3.05, 3.63) is 34.9 Å². The third-order valence-electron chi connectivity index (χ3n) is 5.56. The monoisotopic (exact) mass is 395 g/mol. The van der Waals surface area contributed by atoms with Gasteiger partial charge in [-0.25, -0.2) is 0 Å². The molecule has 6 heteroatoms. The molecule has 1 atom stereocenters. The van der Waals surface area contributed by atoms with Gasteiger partial charge < -0.3 is 20.1 Å². The molecule has 1 saturated carbocycles. The zero-order valence-electron chi connectivity index (χ0n) is 17.0. The van der Waals surface area contributed by atoms with Crippen LogP contribution in [-0.4, -0.2) is 44.4 Å². The molecule has 1 aromatic rings. The Morgan fingerprint density at radius 1 is 1.21 bits per heavy atom. The second-order valence-electron chi connectivity index (χ2n) is 7.88. The molecule has 0 bridgehead atoms. The van der Waals surface area contributed by atoms with Crippen LogP contribution in [0.2, 0.25) is 0 Å². The van der Waals surface area contributed by atoms with Crippen molar-refractivity contribution in [3.63, 3.8) is 0 Å². The molecule has 6 nitrogen and oxygen atoms in total. The minimum atomic E-state index is -1.15. The van der Waals surface area contributed by atoms with Gasteiger partial charge in [0.25, 0.3) is 0 Å². The van der Waals surface area contributed by atoms with Crippen molar-refractivity contribution >= 4 is 11.9 Å². The predicted molar refractivity (Wildman–Crippen MR) is 113 cm³/mol. The summed E-state index contributed by atoms with van der Waals surface area (Å²) < 4.78 is 17.9. The first-order chi connectivity index (χ1) is 14.2. The fraction of sp³-hybridized carbons (Fsp3) is 0.565. The van der Waals surface area contributed by atoms with Crippen molar-refractivity contribution < 1.29 is 14.2 Å². The normalized spacial score (nSPS) is 24.4. The fourth-order valence-electron chi connectivity index (χ4n) is 3.73. The van der Waals surface area contributed by atoms with Gasteiger partial charge in [-0.05, 0) is 56.7 Å². The maximum atomic E-state index is 6.09. The van der Waals surface area contributed by atoms with Crippen molar-refractivity contribution in [1.82, 2.24) is 0 Å². The van der Waals surface area contributed by atoms with Crippen LogP contribution >= 0.6 is 0 Å². The number of hydrogen-bond acceptors (Lipinski definition) is 6. The van der Waals surface area contributed by atoms with Crippen LogP contribution in [0.3, 0.4) is 0 Å². The molecule has 3 fully saturated rings. The largest absolute Gasteiger partial charge is 0.376 e. The third-order valence-corrected chi connectivity index (χ3v) is 5.56. The first-order valence-electron chi connectivity index (χ1n) is 10.5. The minimum absolute atomic E-state index is 0.156. The molecule has 2 N–H and O–H groups in total. The first-order valence-corrected chi connectivity index (χ1v) is 10.5. The summed E-state index contributed by atoms with van der Waals surface area (Å²) in [7, 11) is 0. The molecule has 4 rings (SSSR count). The molecule has 2 saturated heterocycles. The molecule has 29 heavy (non-hydrogen) atoms. The molecule has 154 valence electrons. The maximum absolute atomic E-state index is 6.09. The van der Waals surface area contributed by atoms with Gasteiger partial charge in [0, 0.05) is 23.7 Å². The molecule has 2 heterocycles. The molecule has 0 spiro atoms. The number of hydrazone groups is 1. The van der Waals surface area contributed by atoms with Gasteiger partial charge in [0.2, 0.25) is 5.79 Å². The summed E-state index contributed by atoms with van der Waals surface area (Å²) >= 11 is 0. The number of aliphatic imine (C=N–C) groups is 1. The molecule has 1 aromatic carbocycles.